The topological polar surface area (TPSA) is 113 Å². The number of carbonyl (C=O) groups is 1. The van der Waals surface area contributed by atoms with Crippen LogP contribution in [0.1, 0.15) is 12.5 Å². The zero-order valence-electron chi connectivity index (χ0n) is 8.78. The Morgan fingerprint density at radius 2 is 2.29 bits per heavy atom. The predicted molar refractivity (Wildman–Crippen MR) is 55.5 cm³/mol. The summed E-state index contributed by atoms with van der Waals surface area (Å²) in [5.41, 5.74) is -0.329. The minimum absolute atomic E-state index is 0.104. The normalized spacial score (nSPS) is 11.3. The van der Waals surface area contributed by atoms with Crippen LogP contribution < -0.4 is 4.74 Å². The minimum Gasteiger partial charge on any atom is -0.479 e. The summed E-state index contributed by atoms with van der Waals surface area (Å²) in [6.45, 7) is 1.25. The summed E-state index contributed by atoms with van der Waals surface area (Å²) in [4.78, 5) is 20.5. The molecule has 1 aromatic rings. The molecule has 0 bridgehead atoms. The Balaban J connectivity index is 3.12. The van der Waals surface area contributed by atoms with Crippen LogP contribution in [0.4, 0.5) is 5.69 Å². The highest BCUT2D eigenvalue weighted by Crippen LogP contribution is 2.28. The molecule has 0 aromatic heterocycles. The molecule has 1 rings (SSSR count). The van der Waals surface area contributed by atoms with Gasteiger partial charge < -0.3 is 9.84 Å². The van der Waals surface area contributed by atoms with Crippen molar-refractivity contribution in [2.24, 2.45) is 0 Å². The molecule has 0 fully saturated rings. The molecule has 0 heterocycles. The van der Waals surface area contributed by atoms with Gasteiger partial charge in [0.1, 0.15) is 0 Å². The molecule has 1 aromatic carbocycles. The number of nitro benzene ring substituents is 1. The molecule has 0 saturated heterocycles. The second-order valence-corrected chi connectivity index (χ2v) is 3.15. The molecule has 0 aliphatic carbocycles. The number of rotatable bonds is 4. The van der Waals surface area contributed by atoms with E-state index in [4.69, 9.17) is 15.1 Å². The molecule has 7 heteroatoms. The van der Waals surface area contributed by atoms with Crippen molar-refractivity contribution in [1.82, 2.24) is 0 Å². The SMILES string of the molecule is C[C@@H](Oc1ccc(C#N)cc1[N+](=O)[O-])C(=O)O. The standard InChI is InChI=1S/C10H8N2O5/c1-6(10(13)14)17-9-3-2-7(5-11)4-8(9)12(15)16/h2-4,6H,1H3,(H,13,14)/t6-/m1/s1. The first-order valence-corrected chi connectivity index (χ1v) is 4.53. The third-order valence-electron chi connectivity index (χ3n) is 1.94. The van der Waals surface area contributed by atoms with E-state index >= 15 is 0 Å². The molecule has 0 spiro atoms. The smallest absolute Gasteiger partial charge is 0.344 e. The van der Waals surface area contributed by atoms with Crippen LogP contribution in [0.5, 0.6) is 5.75 Å². The van der Waals surface area contributed by atoms with Gasteiger partial charge in [-0.05, 0) is 19.1 Å². The van der Waals surface area contributed by atoms with Gasteiger partial charge in [0.05, 0.1) is 16.6 Å². The van der Waals surface area contributed by atoms with Crippen molar-refractivity contribution in [3.8, 4) is 11.8 Å². The molecule has 88 valence electrons. The van der Waals surface area contributed by atoms with Gasteiger partial charge in [-0.3, -0.25) is 10.1 Å². The molecule has 17 heavy (non-hydrogen) atoms. The summed E-state index contributed by atoms with van der Waals surface area (Å²) >= 11 is 0. The fourth-order valence-electron chi connectivity index (χ4n) is 1.07. The summed E-state index contributed by atoms with van der Waals surface area (Å²) in [5, 5.41) is 27.9. The van der Waals surface area contributed by atoms with Crippen LogP contribution in [0.25, 0.3) is 0 Å². The Morgan fingerprint density at radius 3 is 2.76 bits per heavy atom. The Labute approximate surface area is 96.0 Å². The van der Waals surface area contributed by atoms with Gasteiger partial charge in [0, 0.05) is 6.07 Å². The maximum atomic E-state index is 10.7. The minimum atomic E-state index is -1.23. The average Bonchev–Trinajstić information content (AvgIpc) is 2.29. The third kappa shape index (κ3) is 2.92. The fourth-order valence-corrected chi connectivity index (χ4v) is 1.07. The number of nitro groups is 1. The van der Waals surface area contributed by atoms with Gasteiger partial charge in [0.25, 0.3) is 0 Å². The van der Waals surface area contributed by atoms with Gasteiger partial charge in [-0.1, -0.05) is 0 Å². The number of carboxylic acids is 1. The van der Waals surface area contributed by atoms with Crippen LogP contribution in [0.3, 0.4) is 0 Å². The predicted octanol–water partition coefficient (Wildman–Crippen LogP) is 1.32. The van der Waals surface area contributed by atoms with Crippen molar-refractivity contribution in [3.63, 3.8) is 0 Å². The van der Waals surface area contributed by atoms with Crippen LogP contribution in [0, 0.1) is 21.4 Å². The highest BCUT2D eigenvalue weighted by atomic mass is 16.6. The molecule has 0 aliphatic heterocycles. The number of ether oxygens (including phenoxy) is 1. The second kappa shape index (κ2) is 4.94. The van der Waals surface area contributed by atoms with E-state index < -0.39 is 22.7 Å². The Hall–Kier alpha value is -2.62. The first-order chi connectivity index (χ1) is 7.95. The number of nitriles is 1. The highest BCUT2D eigenvalue weighted by molar-refractivity contribution is 5.72. The van der Waals surface area contributed by atoms with E-state index in [-0.39, 0.29) is 11.3 Å². The quantitative estimate of drug-likeness (QED) is 0.622. The van der Waals surface area contributed by atoms with Gasteiger partial charge in [-0.15, -0.1) is 0 Å². The zero-order chi connectivity index (χ0) is 13.0. The van der Waals surface area contributed by atoms with E-state index in [0.29, 0.717) is 0 Å². The molecule has 0 saturated carbocycles. The van der Waals surface area contributed by atoms with E-state index in [9.17, 15) is 14.9 Å². The van der Waals surface area contributed by atoms with Gasteiger partial charge in [-0.25, -0.2) is 4.79 Å². The van der Waals surface area contributed by atoms with E-state index in [0.717, 1.165) is 6.07 Å². The largest absolute Gasteiger partial charge is 0.479 e. The molecule has 1 atom stereocenters. The molecule has 0 aliphatic rings. The number of carboxylic acid groups (broad SMARTS) is 1. The lowest BCUT2D eigenvalue weighted by atomic mass is 10.2. The summed E-state index contributed by atoms with van der Waals surface area (Å²) in [6.07, 6.45) is -1.21. The van der Waals surface area contributed by atoms with Crippen LogP contribution in [0.15, 0.2) is 18.2 Å². The van der Waals surface area contributed by atoms with Gasteiger partial charge in [0.2, 0.25) is 0 Å². The fraction of sp³-hybridized carbons (Fsp3) is 0.200. The van der Waals surface area contributed by atoms with Crippen LogP contribution in [0.2, 0.25) is 0 Å². The second-order valence-electron chi connectivity index (χ2n) is 3.15. The number of aliphatic carboxylic acids is 1. The zero-order valence-corrected chi connectivity index (χ0v) is 8.78. The first-order valence-electron chi connectivity index (χ1n) is 4.53. The maximum Gasteiger partial charge on any atom is 0.344 e. The Morgan fingerprint density at radius 1 is 1.65 bits per heavy atom. The van der Waals surface area contributed by atoms with Crippen LogP contribution in [-0.2, 0) is 4.79 Å². The van der Waals surface area contributed by atoms with Crippen LogP contribution >= 0.6 is 0 Å². The third-order valence-corrected chi connectivity index (χ3v) is 1.94. The number of nitrogens with zero attached hydrogens (tertiary/aromatic N) is 2. The molecule has 7 nitrogen and oxygen atoms in total. The Bertz CT molecular complexity index is 506. The van der Waals surface area contributed by atoms with Gasteiger partial charge in [-0.2, -0.15) is 5.26 Å². The maximum absolute atomic E-state index is 10.7. The van der Waals surface area contributed by atoms with Gasteiger partial charge >= 0.3 is 11.7 Å². The van der Waals surface area contributed by atoms with E-state index in [2.05, 4.69) is 0 Å². The Kier molecular flexibility index (Phi) is 3.62. The number of benzene rings is 1. The summed E-state index contributed by atoms with van der Waals surface area (Å²) in [7, 11) is 0. The molecular weight excluding hydrogens is 228 g/mol. The van der Waals surface area contributed by atoms with Crippen molar-refractivity contribution in [2.75, 3.05) is 0 Å². The summed E-state index contributed by atoms with van der Waals surface area (Å²) < 4.78 is 4.92. The molecular formula is C10H8N2O5. The van der Waals surface area contributed by atoms with Crippen LogP contribution in [-0.4, -0.2) is 22.1 Å². The van der Waals surface area contributed by atoms with E-state index in [1.807, 2.05) is 0 Å². The van der Waals surface area contributed by atoms with Crippen molar-refractivity contribution >= 4 is 11.7 Å². The van der Waals surface area contributed by atoms with Gasteiger partial charge in [0.15, 0.2) is 11.9 Å². The highest BCUT2D eigenvalue weighted by Gasteiger charge is 2.21. The molecule has 0 unspecified atom stereocenters. The van der Waals surface area contributed by atoms with E-state index in [1.165, 1.54) is 19.1 Å². The first kappa shape index (κ1) is 12.4. The van der Waals surface area contributed by atoms with Crippen molar-refractivity contribution in [2.45, 2.75) is 13.0 Å². The summed E-state index contributed by atoms with van der Waals surface area (Å²) in [6, 6.07) is 5.30. The van der Waals surface area contributed by atoms with Crippen molar-refractivity contribution < 1.29 is 19.6 Å². The summed E-state index contributed by atoms with van der Waals surface area (Å²) in [5.74, 6) is -1.41. The number of hydrogen-bond acceptors (Lipinski definition) is 5. The molecule has 0 amide bonds. The molecule has 1 N–H and O–H groups in total. The average molecular weight is 236 g/mol. The van der Waals surface area contributed by atoms with E-state index in [1.54, 1.807) is 6.07 Å². The van der Waals surface area contributed by atoms with Crippen molar-refractivity contribution in [1.29, 1.82) is 5.26 Å². The monoisotopic (exact) mass is 236 g/mol. The van der Waals surface area contributed by atoms with Crippen molar-refractivity contribution in [3.05, 3.63) is 33.9 Å². The molecule has 0 radical (unpaired) electrons. The number of hydrogen-bond donors (Lipinski definition) is 1. The lowest BCUT2D eigenvalue weighted by molar-refractivity contribution is -0.386. The lowest BCUT2D eigenvalue weighted by Gasteiger charge is -2.10. The lowest BCUT2D eigenvalue weighted by Crippen LogP contribution is -2.23.